The van der Waals surface area contributed by atoms with E-state index in [0.717, 1.165) is 16.8 Å². The summed E-state index contributed by atoms with van der Waals surface area (Å²) in [5.41, 5.74) is 9.36. The Morgan fingerprint density at radius 1 is 1.19 bits per heavy atom. The summed E-state index contributed by atoms with van der Waals surface area (Å²) in [6, 6.07) is 8.53. The normalized spacial score (nSPS) is 11.5. The van der Waals surface area contributed by atoms with E-state index in [1.54, 1.807) is 31.2 Å². The predicted octanol–water partition coefficient (Wildman–Crippen LogP) is 3.10. The van der Waals surface area contributed by atoms with Gasteiger partial charge in [0.15, 0.2) is 0 Å². The van der Waals surface area contributed by atoms with Crippen molar-refractivity contribution in [3.63, 3.8) is 0 Å². The van der Waals surface area contributed by atoms with Gasteiger partial charge in [-0.15, -0.1) is 0 Å². The molecule has 0 aliphatic carbocycles. The van der Waals surface area contributed by atoms with E-state index in [1.165, 1.54) is 11.8 Å². The van der Waals surface area contributed by atoms with Gasteiger partial charge in [-0.05, 0) is 63.1 Å². The molecule has 0 unspecified atom stereocenters. The standard InChI is InChI=1S/C19H20N4O2S/c1-10-11(2)16(9-20)19(22-12(10)3)26-13(4)18(25)23-15-7-5-14(6-8-15)17(21)24/h5-8,13H,1-4H3,(H2,21,24)(H,23,25)/t13-/m1/s1. The number of hydrogen-bond donors (Lipinski definition) is 2. The molecule has 1 aromatic heterocycles. The summed E-state index contributed by atoms with van der Waals surface area (Å²) >= 11 is 1.25. The van der Waals surface area contributed by atoms with Crippen LogP contribution in [0.25, 0.3) is 0 Å². The van der Waals surface area contributed by atoms with Crippen molar-refractivity contribution in [3.8, 4) is 6.07 Å². The molecule has 26 heavy (non-hydrogen) atoms. The van der Waals surface area contributed by atoms with E-state index < -0.39 is 11.2 Å². The van der Waals surface area contributed by atoms with Crippen LogP contribution < -0.4 is 11.1 Å². The van der Waals surface area contributed by atoms with Gasteiger partial charge in [-0.2, -0.15) is 5.26 Å². The number of pyridine rings is 1. The molecular formula is C19H20N4O2S. The number of aryl methyl sites for hydroxylation is 1. The lowest BCUT2D eigenvalue weighted by atomic mass is 10.1. The van der Waals surface area contributed by atoms with Crippen LogP contribution in [0, 0.1) is 32.1 Å². The summed E-state index contributed by atoms with van der Waals surface area (Å²) in [7, 11) is 0. The van der Waals surface area contributed by atoms with E-state index in [1.807, 2.05) is 20.8 Å². The van der Waals surface area contributed by atoms with Gasteiger partial charge in [0, 0.05) is 16.9 Å². The number of aromatic nitrogens is 1. The third kappa shape index (κ3) is 4.21. The lowest BCUT2D eigenvalue weighted by molar-refractivity contribution is -0.115. The highest BCUT2D eigenvalue weighted by Gasteiger charge is 2.20. The average Bonchev–Trinajstić information content (AvgIpc) is 2.60. The number of nitrogens with two attached hydrogens (primary N) is 1. The van der Waals surface area contributed by atoms with Crippen LogP contribution in [0.2, 0.25) is 0 Å². The number of benzene rings is 1. The SMILES string of the molecule is Cc1nc(S[C@H](C)C(=O)Nc2ccc(C(N)=O)cc2)c(C#N)c(C)c1C. The van der Waals surface area contributed by atoms with Crippen LogP contribution in [0.15, 0.2) is 29.3 Å². The fourth-order valence-corrected chi connectivity index (χ4v) is 3.32. The topological polar surface area (TPSA) is 109 Å². The van der Waals surface area contributed by atoms with E-state index in [9.17, 15) is 14.9 Å². The molecule has 0 aliphatic heterocycles. The van der Waals surface area contributed by atoms with E-state index in [4.69, 9.17) is 5.73 Å². The Hall–Kier alpha value is -2.85. The first-order chi connectivity index (χ1) is 12.2. The lowest BCUT2D eigenvalue weighted by Crippen LogP contribution is -2.23. The number of nitrogens with zero attached hydrogens (tertiary/aromatic N) is 2. The van der Waals surface area contributed by atoms with Gasteiger partial charge in [-0.25, -0.2) is 4.98 Å². The molecule has 0 bridgehead atoms. The number of amides is 2. The number of hydrogen-bond acceptors (Lipinski definition) is 5. The highest BCUT2D eigenvalue weighted by atomic mass is 32.2. The van der Waals surface area contributed by atoms with Crippen molar-refractivity contribution >= 4 is 29.3 Å². The third-order valence-electron chi connectivity index (χ3n) is 4.17. The zero-order chi connectivity index (χ0) is 19.4. The highest BCUT2D eigenvalue weighted by Crippen LogP contribution is 2.29. The molecule has 2 rings (SSSR count). The number of nitrogens with one attached hydrogen (secondary N) is 1. The largest absolute Gasteiger partial charge is 0.366 e. The van der Waals surface area contributed by atoms with Gasteiger partial charge >= 0.3 is 0 Å². The molecular weight excluding hydrogens is 348 g/mol. The van der Waals surface area contributed by atoms with Crippen LogP contribution in [0.5, 0.6) is 0 Å². The molecule has 1 heterocycles. The first-order valence-electron chi connectivity index (χ1n) is 7.99. The Bertz CT molecular complexity index is 901. The maximum absolute atomic E-state index is 12.4. The van der Waals surface area contributed by atoms with Gasteiger partial charge < -0.3 is 11.1 Å². The molecule has 6 nitrogen and oxygen atoms in total. The zero-order valence-corrected chi connectivity index (χ0v) is 15.9. The second-order valence-corrected chi connectivity index (χ2v) is 7.26. The summed E-state index contributed by atoms with van der Waals surface area (Å²) in [5.74, 6) is -0.740. The number of rotatable bonds is 5. The van der Waals surface area contributed by atoms with E-state index in [0.29, 0.717) is 21.8 Å². The predicted molar refractivity (Wildman–Crippen MR) is 102 cm³/mol. The number of anilines is 1. The molecule has 2 aromatic rings. The molecule has 7 heteroatoms. The van der Waals surface area contributed by atoms with Gasteiger partial charge in [-0.1, -0.05) is 11.8 Å². The number of nitriles is 1. The Kier molecular flexibility index (Phi) is 6.01. The van der Waals surface area contributed by atoms with Crippen LogP contribution in [-0.4, -0.2) is 22.0 Å². The van der Waals surface area contributed by atoms with Gasteiger partial charge in [0.2, 0.25) is 11.8 Å². The quantitative estimate of drug-likeness (QED) is 0.788. The van der Waals surface area contributed by atoms with Crippen molar-refractivity contribution < 1.29 is 9.59 Å². The summed E-state index contributed by atoms with van der Waals surface area (Å²) in [4.78, 5) is 28.0. The smallest absolute Gasteiger partial charge is 0.248 e. The molecule has 0 spiro atoms. The van der Waals surface area contributed by atoms with Crippen molar-refractivity contribution in [1.82, 2.24) is 4.98 Å². The Morgan fingerprint density at radius 3 is 2.35 bits per heavy atom. The van der Waals surface area contributed by atoms with Gasteiger partial charge in [-0.3, -0.25) is 9.59 Å². The minimum atomic E-state index is -0.521. The molecule has 1 aromatic carbocycles. The monoisotopic (exact) mass is 368 g/mol. The lowest BCUT2D eigenvalue weighted by Gasteiger charge is -2.15. The Morgan fingerprint density at radius 2 is 1.81 bits per heavy atom. The van der Waals surface area contributed by atoms with Crippen LogP contribution in [0.4, 0.5) is 5.69 Å². The molecule has 1 atom stereocenters. The van der Waals surface area contributed by atoms with E-state index in [-0.39, 0.29) is 5.91 Å². The molecule has 0 saturated carbocycles. The van der Waals surface area contributed by atoms with Gasteiger partial charge in [0.1, 0.15) is 11.1 Å². The average molecular weight is 368 g/mol. The van der Waals surface area contributed by atoms with Crippen molar-refractivity contribution in [2.24, 2.45) is 5.73 Å². The van der Waals surface area contributed by atoms with E-state index >= 15 is 0 Å². The summed E-state index contributed by atoms with van der Waals surface area (Å²) in [6.45, 7) is 7.46. The van der Waals surface area contributed by atoms with Crippen LogP contribution in [0.3, 0.4) is 0 Å². The number of carbonyl (C=O) groups is 2. The fraction of sp³-hybridized carbons (Fsp3) is 0.263. The van der Waals surface area contributed by atoms with Gasteiger partial charge in [0.05, 0.1) is 10.8 Å². The molecule has 134 valence electrons. The zero-order valence-electron chi connectivity index (χ0n) is 15.1. The number of primary amides is 1. The molecule has 0 fully saturated rings. The molecule has 0 saturated heterocycles. The number of thioether (sulfide) groups is 1. The van der Waals surface area contributed by atoms with Crippen molar-refractivity contribution in [3.05, 3.63) is 52.2 Å². The van der Waals surface area contributed by atoms with E-state index in [2.05, 4.69) is 16.4 Å². The maximum atomic E-state index is 12.4. The number of carbonyl (C=O) groups excluding carboxylic acids is 2. The summed E-state index contributed by atoms with van der Waals surface area (Å²) in [6.07, 6.45) is 0. The third-order valence-corrected chi connectivity index (χ3v) is 5.26. The van der Waals surface area contributed by atoms with Gasteiger partial charge in [0.25, 0.3) is 0 Å². The second-order valence-electron chi connectivity index (χ2n) is 5.93. The van der Waals surface area contributed by atoms with Crippen LogP contribution in [-0.2, 0) is 4.79 Å². The van der Waals surface area contributed by atoms with Crippen LogP contribution >= 0.6 is 11.8 Å². The Balaban J connectivity index is 2.15. The highest BCUT2D eigenvalue weighted by molar-refractivity contribution is 8.00. The first kappa shape index (κ1) is 19.5. The van der Waals surface area contributed by atoms with Crippen molar-refractivity contribution in [2.45, 2.75) is 38.0 Å². The van der Waals surface area contributed by atoms with Crippen molar-refractivity contribution in [1.29, 1.82) is 5.26 Å². The van der Waals surface area contributed by atoms with Crippen LogP contribution in [0.1, 0.15) is 39.7 Å². The van der Waals surface area contributed by atoms with Crippen molar-refractivity contribution in [2.75, 3.05) is 5.32 Å². The maximum Gasteiger partial charge on any atom is 0.248 e. The Labute approximate surface area is 156 Å². The first-order valence-corrected chi connectivity index (χ1v) is 8.87. The second kappa shape index (κ2) is 8.02. The molecule has 0 radical (unpaired) electrons. The molecule has 2 amide bonds. The minimum absolute atomic E-state index is 0.219. The minimum Gasteiger partial charge on any atom is -0.366 e. The molecule has 0 aliphatic rings. The fourth-order valence-electron chi connectivity index (χ4n) is 2.31. The molecule has 3 N–H and O–H groups in total. The summed E-state index contributed by atoms with van der Waals surface area (Å²) in [5, 5.41) is 12.3. The summed E-state index contributed by atoms with van der Waals surface area (Å²) < 4.78 is 0.